The molecular formula is C10H7BrCl2O2. The van der Waals surface area contributed by atoms with E-state index in [1.165, 1.54) is 0 Å². The zero-order valence-corrected chi connectivity index (χ0v) is 10.7. The smallest absolute Gasteiger partial charge is 0.252 e. The third-order valence-corrected chi connectivity index (χ3v) is 2.76. The van der Waals surface area contributed by atoms with Gasteiger partial charge in [-0.15, -0.1) is 0 Å². The highest BCUT2D eigenvalue weighted by molar-refractivity contribution is 9.10. The van der Waals surface area contributed by atoms with E-state index in [2.05, 4.69) is 15.9 Å². The molecule has 0 N–H and O–H groups in total. The van der Waals surface area contributed by atoms with Gasteiger partial charge < -0.3 is 0 Å². The molecule has 0 saturated carbocycles. The number of benzene rings is 1. The summed E-state index contributed by atoms with van der Waals surface area (Å²) in [6.07, 6.45) is 0.602. The van der Waals surface area contributed by atoms with Crippen LogP contribution in [0.25, 0.3) is 0 Å². The highest BCUT2D eigenvalue weighted by atomic mass is 79.9. The van der Waals surface area contributed by atoms with Gasteiger partial charge in [0.25, 0.3) is 5.24 Å². The number of aryl methyl sites for hydroxylation is 1. The molecule has 1 rings (SSSR count). The van der Waals surface area contributed by atoms with E-state index in [0.717, 1.165) is 10.0 Å². The molecule has 0 amide bonds. The van der Waals surface area contributed by atoms with Gasteiger partial charge in [0.1, 0.15) is 0 Å². The average Bonchev–Trinajstić information content (AvgIpc) is 2.14. The molecule has 0 unspecified atom stereocenters. The molecule has 0 atom stereocenters. The second kappa shape index (κ2) is 5.64. The van der Waals surface area contributed by atoms with Crippen LogP contribution in [0.2, 0.25) is 0 Å². The Hall–Kier alpha value is -0.380. The molecule has 0 fully saturated rings. The molecule has 2 nitrogen and oxygen atoms in total. The zero-order valence-electron chi connectivity index (χ0n) is 7.60. The summed E-state index contributed by atoms with van der Waals surface area (Å²) in [4.78, 5) is 21.7. The second-order valence-corrected chi connectivity index (χ2v) is 4.61. The van der Waals surface area contributed by atoms with Crippen molar-refractivity contribution in [2.45, 2.75) is 12.8 Å². The summed E-state index contributed by atoms with van der Waals surface area (Å²) in [5, 5.41) is -0.956. The lowest BCUT2D eigenvalue weighted by Crippen LogP contribution is -2.00. The summed E-state index contributed by atoms with van der Waals surface area (Å²) in [6.45, 7) is 0. The van der Waals surface area contributed by atoms with Crippen LogP contribution in [-0.2, 0) is 11.2 Å². The Bertz CT molecular complexity index is 404. The van der Waals surface area contributed by atoms with Crippen molar-refractivity contribution in [3.05, 3.63) is 33.8 Å². The van der Waals surface area contributed by atoms with Crippen molar-refractivity contribution in [1.82, 2.24) is 0 Å². The highest BCUT2D eigenvalue weighted by Gasteiger charge is 2.10. The fourth-order valence-corrected chi connectivity index (χ4v) is 1.88. The Kier molecular flexibility index (Phi) is 4.77. The van der Waals surface area contributed by atoms with Crippen molar-refractivity contribution < 1.29 is 9.59 Å². The number of carbonyl (C=O) groups excluding carboxylic acids is 2. The van der Waals surface area contributed by atoms with E-state index < -0.39 is 10.5 Å². The van der Waals surface area contributed by atoms with Crippen LogP contribution in [0.4, 0.5) is 0 Å². The highest BCUT2D eigenvalue weighted by Crippen LogP contribution is 2.20. The first-order valence-electron chi connectivity index (χ1n) is 4.17. The maximum Gasteiger partial charge on any atom is 0.252 e. The van der Waals surface area contributed by atoms with Crippen molar-refractivity contribution in [2.24, 2.45) is 0 Å². The van der Waals surface area contributed by atoms with Gasteiger partial charge >= 0.3 is 0 Å². The summed E-state index contributed by atoms with van der Waals surface area (Å²) in [7, 11) is 0. The van der Waals surface area contributed by atoms with Crippen LogP contribution >= 0.6 is 39.1 Å². The summed E-state index contributed by atoms with van der Waals surface area (Å²) in [5.74, 6) is 0. The van der Waals surface area contributed by atoms with Crippen LogP contribution in [-0.4, -0.2) is 10.5 Å². The SMILES string of the molecule is O=C(Cl)CCc1cc(Br)ccc1C(=O)Cl. The molecule has 0 aliphatic rings. The van der Waals surface area contributed by atoms with Gasteiger partial charge in [-0.3, -0.25) is 9.59 Å². The van der Waals surface area contributed by atoms with Crippen LogP contribution in [0.3, 0.4) is 0 Å². The number of carbonyl (C=O) groups is 2. The number of hydrogen-bond donors (Lipinski definition) is 0. The lowest BCUT2D eigenvalue weighted by Gasteiger charge is -2.05. The molecule has 0 aliphatic carbocycles. The first kappa shape index (κ1) is 12.7. The number of hydrogen-bond acceptors (Lipinski definition) is 2. The van der Waals surface area contributed by atoms with Crippen molar-refractivity contribution >= 4 is 49.6 Å². The van der Waals surface area contributed by atoms with Gasteiger partial charge in [-0.05, 0) is 53.4 Å². The lowest BCUT2D eigenvalue weighted by atomic mass is 10.0. The molecule has 0 aliphatic heterocycles. The van der Waals surface area contributed by atoms with Crippen molar-refractivity contribution in [1.29, 1.82) is 0 Å². The zero-order chi connectivity index (χ0) is 11.4. The summed E-state index contributed by atoms with van der Waals surface area (Å²) < 4.78 is 0.834. The monoisotopic (exact) mass is 308 g/mol. The molecular weight excluding hydrogens is 303 g/mol. The van der Waals surface area contributed by atoms with Gasteiger partial charge in [0.15, 0.2) is 0 Å². The molecule has 0 saturated heterocycles. The van der Waals surface area contributed by atoms with E-state index in [0.29, 0.717) is 12.0 Å². The molecule has 80 valence electrons. The molecule has 0 bridgehead atoms. The topological polar surface area (TPSA) is 34.1 Å². The standard InChI is InChI=1S/C10H7BrCl2O2/c11-7-2-3-8(10(13)15)6(5-7)1-4-9(12)14/h2-3,5H,1,4H2. The first-order valence-corrected chi connectivity index (χ1v) is 5.72. The van der Waals surface area contributed by atoms with E-state index in [-0.39, 0.29) is 6.42 Å². The number of rotatable bonds is 4. The van der Waals surface area contributed by atoms with E-state index in [1.54, 1.807) is 18.2 Å². The summed E-state index contributed by atoms with van der Waals surface area (Å²) >= 11 is 13.9. The minimum Gasteiger partial charge on any atom is -0.281 e. The Morgan fingerprint density at radius 3 is 2.47 bits per heavy atom. The van der Waals surface area contributed by atoms with Gasteiger partial charge in [0.05, 0.1) is 0 Å². The van der Waals surface area contributed by atoms with Crippen LogP contribution in [0.1, 0.15) is 22.3 Å². The van der Waals surface area contributed by atoms with E-state index >= 15 is 0 Å². The van der Waals surface area contributed by atoms with Gasteiger partial charge in [0, 0.05) is 16.5 Å². The fourth-order valence-electron chi connectivity index (χ4n) is 1.19. The maximum atomic E-state index is 11.1. The Balaban J connectivity index is 2.96. The first-order chi connectivity index (χ1) is 7.00. The summed E-state index contributed by atoms with van der Waals surface area (Å²) in [6, 6.07) is 5.10. The molecule has 5 heteroatoms. The largest absolute Gasteiger partial charge is 0.281 e. The molecule has 0 spiro atoms. The molecule has 0 aromatic heterocycles. The van der Waals surface area contributed by atoms with Crippen molar-refractivity contribution in [2.75, 3.05) is 0 Å². The molecule has 0 radical (unpaired) electrons. The molecule has 1 aromatic rings. The molecule has 0 heterocycles. The Morgan fingerprint density at radius 1 is 1.27 bits per heavy atom. The molecule has 1 aromatic carbocycles. The Labute approximate surface area is 106 Å². The lowest BCUT2D eigenvalue weighted by molar-refractivity contribution is -0.111. The Morgan fingerprint density at radius 2 is 1.93 bits per heavy atom. The van der Waals surface area contributed by atoms with Gasteiger partial charge in [-0.25, -0.2) is 0 Å². The van der Waals surface area contributed by atoms with E-state index in [4.69, 9.17) is 23.2 Å². The van der Waals surface area contributed by atoms with E-state index in [1.807, 2.05) is 0 Å². The van der Waals surface area contributed by atoms with E-state index in [9.17, 15) is 9.59 Å². The van der Waals surface area contributed by atoms with Crippen LogP contribution < -0.4 is 0 Å². The second-order valence-electron chi connectivity index (χ2n) is 2.93. The van der Waals surface area contributed by atoms with Crippen molar-refractivity contribution in [3.63, 3.8) is 0 Å². The van der Waals surface area contributed by atoms with Crippen LogP contribution in [0.5, 0.6) is 0 Å². The minimum absolute atomic E-state index is 0.190. The predicted octanol–water partition coefficient (Wildman–Crippen LogP) is 3.53. The maximum absolute atomic E-state index is 11.1. The third-order valence-electron chi connectivity index (χ3n) is 1.87. The van der Waals surface area contributed by atoms with Gasteiger partial charge in [-0.1, -0.05) is 15.9 Å². The minimum atomic E-state index is -0.528. The van der Waals surface area contributed by atoms with Gasteiger partial charge in [-0.2, -0.15) is 0 Å². The average molecular weight is 310 g/mol. The normalized spacial score (nSPS) is 10.1. The molecule has 15 heavy (non-hydrogen) atoms. The quantitative estimate of drug-likeness (QED) is 0.797. The van der Waals surface area contributed by atoms with Gasteiger partial charge in [0.2, 0.25) is 5.24 Å². The summed E-state index contributed by atoms with van der Waals surface area (Å²) in [5.41, 5.74) is 1.14. The third kappa shape index (κ3) is 3.93. The fraction of sp³-hybridized carbons (Fsp3) is 0.200. The number of halogens is 3. The predicted molar refractivity (Wildman–Crippen MR) is 63.5 cm³/mol. The van der Waals surface area contributed by atoms with Crippen molar-refractivity contribution in [3.8, 4) is 0 Å². The van der Waals surface area contributed by atoms with Crippen LogP contribution in [0, 0.1) is 0 Å². The van der Waals surface area contributed by atoms with Crippen LogP contribution in [0.15, 0.2) is 22.7 Å².